The third kappa shape index (κ3) is 3.53. The largest absolute Gasteiger partial charge is 0.454 e. The average Bonchev–Trinajstić information content (AvgIpc) is 3.46. The lowest BCUT2D eigenvalue weighted by Gasteiger charge is -2.10. The molecule has 1 aliphatic heterocycles. The van der Waals surface area contributed by atoms with E-state index in [1.54, 1.807) is 16.7 Å². The molecular formula is C23H14N6O6. The number of benzene rings is 3. The number of aromatic nitrogens is 4. The highest BCUT2D eigenvalue weighted by atomic mass is 16.7. The molecule has 0 saturated carbocycles. The molecule has 3 aromatic carbocycles. The van der Waals surface area contributed by atoms with Crippen LogP contribution in [0.3, 0.4) is 0 Å². The summed E-state index contributed by atoms with van der Waals surface area (Å²) in [5, 5.41) is 23.0. The molecule has 172 valence electrons. The lowest BCUT2D eigenvalue weighted by atomic mass is 10.1. The molecule has 0 spiro atoms. The molecule has 5 aromatic rings. The standard InChI is InChI=1S/C23H14N6O6/c30-28(31)15-8-14(9-16(10-15)29(32)33)22-26-21-23(25-18-4-2-1-3-17(18)24-21)27(22)11-13-5-6-19-20(7-13)35-12-34-19/h1-10H,11-12H2. The van der Waals surface area contributed by atoms with Gasteiger partial charge in [0.05, 0.1) is 33.5 Å². The van der Waals surface area contributed by atoms with Crippen LogP contribution in [0.25, 0.3) is 33.7 Å². The Labute approximate surface area is 195 Å². The molecular weight excluding hydrogens is 456 g/mol. The van der Waals surface area contributed by atoms with E-state index in [1.165, 1.54) is 12.1 Å². The topological polar surface area (TPSA) is 148 Å². The van der Waals surface area contributed by atoms with Crippen LogP contribution < -0.4 is 9.47 Å². The van der Waals surface area contributed by atoms with Gasteiger partial charge < -0.3 is 14.0 Å². The third-order valence-electron chi connectivity index (χ3n) is 5.62. The maximum atomic E-state index is 11.5. The molecule has 3 heterocycles. The van der Waals surface area contributed by atoms with E-state index in [1.807, 2.05) is 30.3 Å². The Bertz CT molecular complexity index is 1650. The molecule has 0 N–H and O–H groups in total. The fraction of sp³-hybridized carbons (Fsp3) is 0.0870. The van der Waals surface area contributed by atoms with Gasteiger partial charge in [-0.3, -0.25) is 20.2 Å². The minimum absolute atomic E-state index is 0.132. The number of imidazole rings is 1. The van der Waals surface area contributed by atoms with Gasteiger partial charge in [0.1, 0.15) is 5.82 Å². The molecule has 0 atom stereocenters. The first kappa shape index (κ1) is 20.5. The summed E-state index contributed by atoms with van der Waals surface area (Å²) < 4.78 is 12.6. The number of fused-ring (bicyclic) bond motifs is 3. The molecule has 0 aliphatic carbocycles. The third-order valence-corrected chi connectivity index (χ3v) is 5.62. The molecule has 0 bridgehead atoms. The van der Waals surface area contributed by atoms with Crippen LogP contribution in [-0.4, -0.2) is 36.2 Å². The summed E-state index contributed by atoms with van der Waals surface area (Å²) in [6, 6.07) is 16.2. The number of rotatable bonds is 5. The zero-order valence-electron chi connectivity index (χ0n) is 17.8. The smallest absolute Gasteiger partial charge is 0.277 e. The second-order valence-corrected chi connectivity index (χ2v) is 7.82. The van der Waals surface area contributed by atoms with E-state index in [9.17, 15) is 20.2 Å². The summed E-state index contributed by atoms with van der Waals surface area (Å²) in [5.41, 5.74) is 2.22. The van der Waals surface area contributed by atoms with Gasteiger partial charge in [0.15, 0.2) is 22.8 Å². The second-order valence-electron chi connectivity index (χ2n) is 7.82. The van der Waals surface area contributed by atoms with Crippen molar-refractivity contribution in [2.45, 2.75) is 6.54 Å². The minimum Gasteiger partial charge on any atom is -0.454 e. The molecule has 2 aromatic heterocycles. The van der Waals surface area contributed by atoms with E-state index < -0.39 is 21.2 Å². The quantitative estimate of drug-likeness (QED) is 0.271. The highest BCUT2D eigenvalue weighted by Crippen LogP contribution is 2.35. The van der Waals surface area contributed by atoms with Gasteiger partial charge in [-0.05, 0) is 29.8 Å². The van der Waals surface area contributed by atoms with Crippen LogP contribution in [0.15, 0.2) is 60.7 Å². The van der Waals surface area contributed by atoms with E-state index in [0.29, 0.717) is 33.8 Å². The Kier molecular flexibility index (Phi) is 4.52. The summed E-state index contributed by atoms with van der Waals surface area (Å²) in [5.74, 6) is 1.49. The summed E-state index contributed by atoms with van der Waals surface area (Å²) in [6.07, 6.45) is 0. The number of hydrogen-bond donors (Lipinski definition) is 0. The van der Waals surface area contributed by atoms with Crippen molar-refractivity contribution >= 4 is 33.7 Å². The molecule has 0 saturated heterocycles. The van der Waals surface area contributed by atoms with Gasteiger partial charge in [0, 0.05) is 17.7 Å². The molecule has 0 amide bonds. The summed E-state index contributed by atoms with van der Waals surface area (Å²) in [4.78, 5) is 35.5. The fourth-order valence-corrected chi connectivity index (χ4v) is 4.03. The van der Waals surface area contributed by atoms with Gasteiger partial charge in [0.2, 0.25) is 6.79 Å². The zero-order chi connectivity index (χ0) is 24.1. The van der Waals surface area contributed by atoms with E-state index in [0.717, 1.165) is 11.6 Å². The predicted molar refractivity (Wildman–Crippen MR) is 123 cm³/mol. The maximum absolute atomic E-state index is 11.5. The van der Waals surface area contributed by atoms with Gasteiger partial charge in [-0.15, -0.1) is 0 Å². The van der Waals surface area contributed by atoms with E-state index in [2.05, 4.69) is 9.97 Å². The van der Waals surface area contributed by atoms with Gasteiger partial charge in [-0.25, -0.2) is 15.0 Å². The molecule has 6 rings (SSSR count). The SMILES string of the molecule is O=[N+]([O-])c1cc(-c2nc3nc4ccccc4nc3n2Cc2ccc3c(c2)OCO3)cc([N+](=O)[O-])c1. The Balaban J connectivity index is 1.59. The van der Waals surface area contributed by atoms with E-state index in [4.69, 9.17) is 14.5 Å². The Morgan fingerprint density at radius 1 is 0.829 bits per heavy atom. The average molecular weight is 470 g/mol. The predicted octanol–water partition coefficient (Wildman–Crippen LogP) is 4.24. The first-order chi connectivity index (χ1) is 17.0. The number of hydrogen-bond acceptors (Lipinski definition) is 9. The molecule has 0 unspecified atom stereocenters. The van der Waals surface area contributed by atoms with Crippen LogP contribution in [0, 0.1) is 20.2 Å². The molecule has 35 heavy (non-hydrogen) atoms. The number of para-hydroxylation sites is 2. The first-order valence-electron chi connectivity index (χ1n) is 10.4. The van der Waals surface area contributed by atoms with Gasteiger partial charge in [0.25, 0.3) is 11.4 Å². The van der Waals surface area contributed by atoms with Crippen LogP contribution >= 0.6 is 0 Å². The maximum Gasteiger partial charge on any atom is 0.277 e. The summed E-state index contributed by atoms with van der Waals surface area (Å²) >= 11 is 0. The molecule has 12 nitrogen and oxygen atoms in total. The van der Waals surface area contributed by atoms with Crippen molar-refractivity contribution in [3.05, 3.63) is 86.5 Å². The second kappa shape index (κ2) is 7.73. The fourth-order valence-electron chi connectivity index (χ4n) is 4.03. The lowest BCUT2D eigenvalue weighted by Crippen LogP contribution is -2.04. The van der Waals surface area contributed by atoms with Crippen molar-refractivity contribution in [1.29, 1.82) is 0 Å². The lowest BCUT2D eigenvalue weighted by molar-refractivity contribution is -0.394. The van der Waals surface area contributed by atoms with Crippen molar-refractivity contribution in [3.8, 4) is 22.9 Å². The van der Waals surface area contributed by atoms with Crippen molar-refractivity contribution in [3.63, 3.8) is 0 Å². The highest BCUT2D eigenvalue weighted by Gasteiger charge is 2.23. The van der Waals surface area contributed by atoms with Gasteiger partial charge >= 0.3 is 0 Å². The highest BCUT2D eigenvalue weighted by molar-refractivity contribution is 5.85. The normalized spacial score (nSPS) is 12.3. The van der Waals surface area contributed by atoms with Crippen molar-refractivity contribution < 1.29 is 19.3 Å². The number of non-ortho nitro benzene ring substituents is 2. The number of nitrogens with zero attached hydrogens (tertiary/aromatic N) is 6. The zero-order valence-corrected chi connectivity index (χ0v) is 17.8. The first-order valence-corrected chi connectivity index (χ1v) is 10.4. The van der Waals surface area contributed by atoms with Crippen LogP contribution in [0.2, 0.25) is 0 Å². The summed E-state index contributed by atoms with van der Waals surface area (Å²) in [6.45, 7) is 0.388. The molecule has 0 radical (unpaired) electrons. The number of nitro benzene ring substituents is 2. The number of nitro groups is 2. The molecule has 12 heteroatoms. The van der Waals surface area contributed by atoms with E-state index >= 15 is 0 Å². The monoisotopic (exact) mass is 470 g/mol. The van der Waals surface area contributed by atoms with Crippen LogP contribution in [0.1, 0.15) is 5.56 Å². The van der Waals surface area contributed by atoms with Crippen molar-refractivity contribution in [2.75, 3.05) is 6.79 Å². The number of ether oxygens (including phenoxy) is 2. The Morgan fingerprint density at radius 3 is 2.23 bits per heavy atom. The van der Waals surface area contributed by atoms with Crippen molar-refractivity contribution in [2.24, 2.45) is 0 Å². The Hall–Kier alpha value is -5.13. The van der Waals surface area contributed by atoms with E-state index in [-0.39, 0.29) is 24.7 Å². The summed E-state index contributed by atoms with van der Waals surface area (Å²) in [7, 11) is 0. The minimum atomic E-state index is -0.674. The van der Waals surface area contributed by atoms with Crippen LogP contribution in [0.5, 0.6) is 11.5 Å². The Morgan fingerprint density at radius 2 is 1.51 bits per heavy atom. The van der Waals surface area contributed by atoms with Gasteiger partial charge in [-0.1, -0.05) is 18.2 Å². The van der Waals surface area contributed by atoms with Crippen molar-refractivity contribution in [1.82, 2.24) is 19.5 Å². The van der Waals surface area contributed by atoms with Crippen LogP contribution in [0.4, 0.5) is 11.4 Å². The molecule has 1 aliphatic rings. The van der Waals surface area contributed by atoms with Crippen LogP contribution in [-0.2, 0) is 6.54 Å². The molecule has 0 fully saturated rings. The van der Waals surface area contributed by atoms with Gasteiger partial charge in [-0.2, -0.15) is 0 Å².